The normalized spacial score (nSPS) is 28.0. The predicted octanol–water partition coefficient (Wildman–Crippen LogP) is 1.71. The maximum atomic E-state index is 12.6. The van der Waals surface area contributed by atoms with Crippen LogP contribution < -0.4 is 10.2 Å². The molecule has 0 aliphatic carbocycles. The topological polar surface area (TPSA) is 88.1 Å². The van der Waals surface area contributed by atoms with E-state index in [1.165, 1.54) is 11.8 Å². The lowest BCUT2D eigenvalue weighted by molar-refractivity contribution is -0.120. The Balaban J connectivity index is 1.49. The van der Waals surface area contributed by atoms with E-state index in [2.05, 4.69) is 10.3 Å². The average Bonchev–Trinajstić information content (AvgIpc) is 3.32. The molecule has 1 N–H and O–H groups in total. The first-order valence-electron chi connectivity index (χ1n) is 9.26. The summed E-state index contributed by atoms with van der Waals surface area (Å²) < 4.78 is 29.2. The fourth-order valence-corrected chi connectivity index (χ4v) is 7.58. The van der Waals surface area contributed by atoms with Crippen LogP contribution in [-0.4, -0.2) is 68.1 Å². The van der Waals surface area contributed by atoms with Crippen LogP contribution in [0.2, 0.25) is 5.02 Å². The average molecular weight is 444 g/mol. The van der Waals surface area contributed by atoms with Crippen LogP contribution in [0.5, 0.6) is 0 Å². The number of fused-ring (bicyclic) bond motifs is 1. The monoisotopic (exact) mass is 443 g/mol. The number of ether oxygens (including phenoxy) is 1. The number of hydrogen-bond donors (Lipinski definition) is 1. The summed E-state index contributed by atoms with van der Waals surface area (Å²) in [7, 11) is -3.03. The van der Waals surface area contributed by atoms with Crippen molar-refractivity contribution in [1.82, 2.24) is 5.32 Å². The maximum Gasteiger partial charge on any atom is 0.240 e. The molecule has 3 aliphatic rings. The SMILES string of the molecule is O=C(CN(C1=N[C@@H]2CS(=O)(=O)C[C@@H]2S1)c1cccc(Cl)c1)NC[C@@H]1CCCO1. The number of nitrogens with one attached hydrogen (secondary N) is 1. The summed E-state index contributed by atoms with van der Waals surface area (Å²) in [6.45, 7) is 1.32. The van der Waals surface area contributed by atoms with Crippen LogP contribution >= 0.6 is 23.4 Å². The Hall–Kier alpha value is -1.29. The maximum absolute atomic E-state index is 12.6. The molecule has 3 aliphatic heterocycles. The molecular weight excluding hydrogens is 422 g/mol. The van der Waals surface area contributed by atoms with Gasteiger partial charge in [0.2, 0.25) is 5.91 Å². The van der Waals surface area contributed by atoms with Crippen molar-refractivity contribution < 1.29 is 17.9 Å². The van der Waals surface area contributed by atoms with Crippen molar-refractivity contribution in [3.05, 3.63) is 29.3 Å². The molecule has 7 nitrogen and oxygen atoms in total. The number of carbonyl (C=O) groups excluding carboxylic acids is 1. The fraction of sp³-hybridized carbons (Fsp3) is 0.556. The number of amidine groups is 1. The molecule has 0 aromatic heterocycles. The molecule has 0 spiro atoms. The highest BCUT2D eigenvalue weighted by Crippen LogP contribution is 2.37. The number of rotatable bonds is 5. The van der Waals surface area contributed by atoms with Gasteiger partial charge in [-0.2, -0.15) is 0 Å². The largest absolute Gasteiger partial charge is 0.376 e. The molecule has 0 saturated carbocycles. The van der Waals surface area contributed by atoms with Crippen LogP contribution in [0.1, 0.15) is 12.8 Å². The summed E-state index contributed by atoms with van der Waals surface area (Å²) in [4.78, 5) is 19.0. The third-order valence-corrected chi connectivity index (χ3v) is 8.49. The van der Waals surface area contributed by atoms with E-state index in [1.54, 1.807) is 12.1 Å². The minimum absolute atomic E-state index is 0.0722. The van der Waals surface area contributed by atoms with Crippen molar-refractivity contribution in [2.75, 3.05) is 36.1 Å². The van der Waals surface area contributed by atoms with E-state index < -0.39 is 9.84 Å². The second kappa shape index (κ2) is 8.22. The third kappa shape index (κ3) is 4.64. The zero-order chi connectivity index (χ0) is 19.7. The van der Waals surface area contributed by atoms with Gasteiger partial charge in [0.15, 0.2) is 15.0 Å². The Morgan fingerprint density at radius 1 is 1.39 bits per heavy atom. The number of anilines is 1. The van der Waals surface area contributed by atoms with Crippen molar-refractivity contribution in [3.8, 4) is 0 Å². The van der Waals surface area contributed by atoms with E-state index in [4.69, 9.17) is 16.3 Å². The summed E-state index contributed by atoms with van der Waals surface area (Å²) in [5.74, 6) is 0.0654. The van der Waals surface area contributed by atoms with E-state index in [-0.39, 0.29) is 41.4 Å². The molecule has 1 amide bonds. The van der Waals surface area contributed by atoms with Gasteiger partial charge >= 0.3 is 0 Å². The molecule has 2 fully saturated rings. The molecule has 28 heavy (non-hydrogen) atoms. The quantitative estimate of drug-likeness (QED) is 0.745. The molecule has 0 bridgehead atoms. The Bertz CT molecular complexity index is 887. The minimum atomic E-state index is -3.03. The number of halogens is 1. The highest BCUT2D eigenvalue weighted by Gasteiger charge is 2.44. The number of thioether (sulfide) groups is 1. The second-order valence-electron chi connectivity index (χ2n) is 7.22. The van der Waals surface area contributed by atoms with E-state index in [0.717, 1.165) is 25.1 Å². The van der Waals surface area contributed by atoms with Crippen LogP contribution in [0.4, 0.5) is 5.69 Å². The number of amides is 1. The van der Waals surface area contributed by atoms with Gasteiger partial charge in [0, 0.05) is 29.1 Å². The molecule has 1 aromatic rings. The smallest absolute Gasteiger partial charge is 0.240 e. The second-order valence-corrected chi connectivity index (χ2v) is 11.0. The van der Waals surface area contributed by atoms with Crippen molar-refractivity contribution >= 4 is 50.0 Å². The van der Waals surface area contributed by atoms with E-state index in [0.29, 0.717) is 16.7 Å². The highest BCUT2D eigenvalue weighted by molar-refractivity contribution is 8.15. The summed E-state index contributed by atoms with van der Waals surface area (Å²) in [6.07, 6.45) is 2.05. The molecule has 1 aromatic carbocycles. The highest BCUT2D eigenvalue weighted by atomic mass is 35.5. The lowest BCUT2D eigenvalue weighted by atomic mass is 10.2. The molecule has 10 heteroatoms. The minimum Gasteiger partial charge on any atom is -0.376 e. The Morgan fingerprint density at radius 2 is 2.25 bits per heavy atom. The van der Waals surface area contributed by atoms with Gasteiger partial charge in [-0.15, -0.1) is 0 Å². The molecule has 2 saturated heterocycles. The fourth-order valence-electron chi connectivity index (χ4n) is 3.62. The van der Waals surface area contributed by atoms with Gasteiger partial charge in [-0.25, -0.2) is 8.42 Å². The molecular formula is C18H22ClN3O4S2. The van der Waals surface area contributed by atoms with Gasteiger partial charge in [-0.3, -0.25) is 9.79 Å². The van der Waals surface area contributed by atoms with E-state index in [9.17, 15) is 13.2 Å². The number of carbonyl (C=O) groups is 1. The standard InChI is InChI=1S/C18H22ClN3O4S2/c19-12-3-1-4-13(7-12)22(9-17(23)20-8-14-5-2-6-26-14)18-21-15-10-28(24,25)11-16(15)27-18/h1,3-4,7,14-16H,2,5-6,8-11H2,(H,20,23)/t14-,15+,16-/m0/s1. The van der Waals surface area contributed by atoms with Crippen molar-refractivity contribution in [2.24, 2.45) is 4.99 Å². The summed E-state index contributed by atoms with van der Waals surface area (Å²) in [6, 6.07) is 6.99. The van der Waals surface area contributed by atoms with Gasteiger partial charge in [-0.05, 0) is 31.0 Å². The van der Waals surface area contributed by atoms with Gasteiger partial charge < -0.3 is 15.0 Å². The van der Waals surface area contributed by atoms with Crippen molar-refractivity contribution in [2.45, 2.75) is 30.2 Å². The number of hydrogen-bond acceptors (Lipinski definition) is 7. The molecule has 0 unspecified atom stereocenters. The molecule has 4 rings (SSSR count). The lowest BCUT2D eigenvalue weighted by Crippen LogP contribution is -2.42. The van der Waals surface area contributed by atoms with Gasteiger partial charge in [0.1, 0.15) is 6.54 Å². The van der Waals surface area contributed by atoms with Gasteiger partial charge in [0.25, 0.3) is 0 Å². The summed E-state index contributed by atoms with van der Waals surface area (Å²) >= 11 is 7.57. The van der Waals surface area contributed by atoms with Crippen LogP contribution in [0.25, 0.3) is 0 Å². The van der Waals surface area contributed by atoms with Crippen LogP contribution in [-0.2, 0) is 19.4 Å². The number of sulfone groups is 1. The van der Waals surface area contributed by atoms with E-state index >= 15 is 0 Å². The Kier molecular flexibility index (Phi) is 5.87. The van der Waals surface area contributed by atoms with Crippen LogP contribution in [0.15, 0.2) is 29.3 Å². The first kappa shape index (κ1) is 20.0. The zero-order valence-corrected chi connectivity index (χ0v) is 17.6. The Morgan fingerprint density at radius 3 is 2.96 bits per heavy atom. The first-order valence-corrected chi connectivity index (χ1v) is 12.3. The first-order chi connectivity index (χ1) is 13.4. The number of aliphatic imine (C=N–C) groups is 1. The van der Waals surface area contributed by atoms with Gasteiger partial charge in [-0.1, -0.05) is 29.4 Å². The van der Waals surface area contributed by atoms with Crippen molar-refractivity contribution in [1.29, 1.82) is 0 Å². The third-order valence-electron chi connectivity index (χ3n) is 5.01. The molecule has 3 atom stereocenters. The predicted molar refractivity (Wildman–Crippen MR) is 112 cm³/mol. The number of nitrogens with zero attached hydrogens (tertiary/aromatic N) is 2. The van der Waals surface area contributed by atoms with Crippen LogP contribution in [0.3, 0.4) is 0 Å². The van der Waals surface area contributed by atoms with E-state index in [1.807, 2.05) is 17.0 Å². The molecule has 0 radical (unpaired) electrons. The lowest BCUT2D eigenvalue weighted by Gasteiger charge is -2.24. The summed E-state index contributed by atoms with van der Waals surface area (Å²) in [5, 5.41) is 4.07. The molecule has 3 heterocycles. The van der Waals surface area contributed by atoms with Crippen molar-refractivity contribution in [3.63, 3.8) is 0 Å². The Labute approximate surface area is 173 Å². The van der Waals surface area contributed by atoms with Gasteiger partial charge in [0.05, 0.1) is 23.7 Å². The van der Waals surface area contributed by atoms with Crippen LogP contribution in [0, 0.1) is 0 Å². The molecule has 152 valence electrons. The number of benzene rings is 1. The zero-order valence-electron chi connectivity index (χ0n) is 15.2. The summed E-state index contributed by atoms with van der Waals surface area (Å²) in [5.41, 5.74) is 0.758.